The molecule has 3 atom stereocenters. The molecule has 0 heterocycles. The Labute approximate surface area is 157 Å². The molecule has 7 heteroatoms. The van der Waals surface area contributed by atoms with Gasteiger partial charge in [0.1, 0.15) is 0 Å². The van der Waals surface area contributed by atoms with Gasteiger partial charge >= 0.3 is 0 Å². The Balaban J connectivity index is 1.99. The van der Waals surface area contributed by atoms with Crippen molar-refractivity contribution in [2.45, 2.75) is 28.5 Å². The fraction of sp³-hybridized carbons (Fsp3) is 0.333. The fourth-order valence-corrected chi connectivity index (χ4v) is 5.81. The Hall–Kier alpha value is -1.11. The molecule has 134 valence electrons. The van der Waals surface area contributed by atoms with E-state index in [1.807, 2.05) is 19.1 Å². The third-order valence-electron chi connectivity index (χ3n) is 4.56. The first-order chi connectivity index (χ1) is 11.8. The van der Waals surface area contributed by atoms with E-state index in [1.165, 1.54) is 12.1 Å². The lowest BCUT2D eigenvalue weighted by molar-refractivity contribution is 0.125. The number of hydrogen-bond donors (Lipinski definition) is 1. The highest BCUT2D eigenvalue weighted by Gasteiger charge is 2.69. The molecular weight excluding hydrogens is 381 g/mol. The molecule has 0 saturated heterocycles. The van der Waals surface area contributed by atoms with E-state index in [-0.39, 0.29) is 17.4 Å². The van der Waals surface area contributed by atoms with E-state index in [1.54, 1.807) is 24.3 Å². The molecule has 0 unspecified atom stereocenters. The summed E-state index contributed by atoms with van der Waals surface area (Å²) < 4.78 is 31.7. The highest BCUT2D eigenvalue weighted by molar-refractivity contribution is 7.92. The Morgan fingerprint density at radius 3 is 2.08 bits per heavy atom. The second-order valence-corrected chi connectivity index (χ2v) is 9.14. The number of sulfone groups is 1. The van der Waals surface area contributed by atoms with Crippen molar-refractivity contribution in [1.82, 2.24) is 0 Å². The van der Waals surface area contributed by atoms with Crippen LogP contribution >= 0.6 is 23.2 Å². The first-order valence-electron chi connectivity index (χ1n) is 7.92. The number of hydrogen-bond acceptors (Lipinski definition) is 4. The van der Waals surface area contributed by atoms with Crippen molar-refractivity contribution >= 4 is 33.0 Å². The Morgan fingerprint density at radius 2 is 1.56 bits per heavy atom. The molecule has 0 aromatic heterocycles. The summed E-state index contributed by atoms with van der Waals surface area (Å²) in [6, 6.07) is 13.3. The van der Waals surface area contributed by atoms with Crippen molar-refractivity contribution in [1.29, 1.82) is 0 Å². The predicted molar refractivity (Wildman–Crippen MR) is 100 cm³/mol. The summed E-state index contributed by atoms with van der Waals surface area (Å²) in [6.45, 7) is 2.50. The average molecular weight is 400 g/mol. The van der Waals surface area contributed by atoms with Gasteiger partial charge in [0.05, 0.1) is 22.3 Å². The number of rotatable bonds is 6. The first-order valence-corrected chi connectivity index (χ1v) is 10.2. The van der Waals surface area contributed by atoms with Crippen LogP contribution in [0.1, 0.15) is 18.4 Å². The molecule has 3 rings (SSSR count). The van der Waals surface area contributed by atoms with Crippen molar-refractivity contribution in [2.24, 2.45) is 5.73 Å². The molecule has 0 aliphatic heterocycles. The summed E-state index contributed by atoms with van der Waals surface area (Å²) in [5, 5.41) is 0.320. The summed E-state index contributed by atoms with van der Waals surface area (Å²) >= 11 is 11.8. The number of benzene rings is 2. The number of halogens is 2. The van der Waals surface area contributed by atoms with Gasteiger partial charge in [-0.1, -0.05) is 35.3 Å². The third kappa shape index (κ3) is 3.44. The largest absolute Gasteiger partial charge is 0.380 e. The van der Waals surface area contributed by atoms with Gasteiger partial charge in [-0.3, -0.25) is 0 Å². The second kappa shape index (κ2) is 6.89. The third-order valence-corrected chi connectivity index (χ3v) is 7.38. The van der Waals surface area contributed by atoms with E-state index >= 15 is 0 Å². The van der Waals surface area contributed by atoms with Crippen molar-refractivity contribution < 1.29 is 13.2 Å². The van der Waals surface area contributed by atoms with Crippen molar-refractivity contribution in [2.75, 3.05) is 13.2 Å². The van der Waals surface area contributed by atoms with Crippen LogP contribution in [0.4, 0.5) is 0 Å². The zero-order valence-electron chi connectivity index (χ0n) is 13.7. The monoisotopic (exact) mass is 399 g/mol. The zero-order valence-corrected chi connectivity index (χ0v) is 16.0. The molecule has 4 nitrogen and oxygen atoms in total. The molecule has 2 aromatic rings. The van der Waals surface area contributed by atoms with E-state index in [0.717, 1.165) is 5.56 Å². The molecule has 1 saturated carbocycles. The van der Waals surface area contributed by atoms with E-state index < -0.39 is 20.6 Å². The number of nitrogens with two attached hydrogens (primary N) is 1. The minimum atomic E-state index is -3.62. The van der Waals surface area contributed by atoms with Gasteiger partial charge in [-0.25, -0.2) is 8.42 Å². The van der Waals surface area contributed by atoms with Crippen molar-refractivity contribution in [3.8, 4) is 0 Å². The molecule has 2 aromatic carbocycles. The average Bonchev–Trinajstić information content (AvgIpc) is 3.21. The maximum Gasteiger partial charge on any atom is 0.183 e. The lowest BCUT2D eigenvalue weighted by Crippen LogP contribution is -2.36. The first kappa shape index (κ1) is 18.7. The van der Waals surface area contributed by atoms with Crippen LogP contribution in [0.25, 0.3) is 0 Å². The second-order valence-electron chi connectivity index (χ2n) is 6.20. The highest BCUT2D eigenvalue weighted by atomic mass is 35.5. The molecular formula is C18H19Cl2NO3S. The Morgan fingerprint density at radius 1 is 1.04 bits per heavy atom. The van der Waals surface area contributed by atoms with Gasteiger partial charge in [-0.15, -0.1) is 0 Å². The van der Waals surface area contributed by atoms with Gasteiger partial charge < -0.3 is 10.5 Å². The Kier molecular flexibility index (Phi) is 5.15. The summed E-state index contributed by atoms with van der Waals surface area (Å²) in [7, 11) is -3.62. The fourth-order valence-electron chi connectivity index (χ4n) is 3.27. The van der Waals surface area contributed by atoms with E-state index in [2.05, 4.69) is 0 Å². The molecule has 2 N–H and O–H groups in total. The van der Waals surface area contributed by atoms with E-state index in [0.29, 0.717) is 16.7 Å². The van der Waals surface area contributed by atoms with Gasteiger partial charge in [-0.2, -0.15) is 0 Å². The van der Waals surface area contributed by atoms with Gasteiger partial charge in [0.15, 0.2) is 9.84 Å². The summed E-state index contributed by atoms with van der Waals surface area (Å²) in [4.78, 5) is 0.213. The summed E-state index contributed by atoms with van der Waals surface area (Å²) in [5.74, 6) is -0.350. The molecule has 0 radical (unpaired) electrons. The van der Waals surface area contributed by atoms with Gasteiger partial charge in [-0.05, 0) is 48.9 Å². The molecule has 0 bridgehead atoms. The van der Waals surface area contributed by atoms with Gasteiger partial charge in [0.2, 0.25) is 0 Å². The van der Waals surface area contributed by atoms with Gasteiger partial charge in [0, 0.05) is 22.6 Å². The summed E-state index contributed by atoms with van der Waals surface area (Å²) in [5.41, 5.74) is 6.35. The molecule has 0 spiro atoms. The molecule has 25 heavy (non-hydrogen) atoms. The Bertz CT molecular complexity index is 853. The van der Waals surface area contributed by atoms with Crippen LogP contribution in [0.3, 0.4) is 0 Å². The molecule has 0 amide bonds. The van der Waals surface area contributed by atoms with Crippen LogP contribution in [0.15, 0.2) is 53.4 Å². The highest BCUT2D eigenvalue weighted by Crippen LogP contribution is 2.55. The maximum atomic E-state index is 13.1. The topological polar surface area (TPSA) is 69.4 Å². The van der Waals surface area contributed by atoms with E-state index in [4.69, 9.17) is 33.7 Å². The lowest BCUT2D eigenvalue weighted by atomic mass is 10.1. The van der Waals surface area contributed by atoms with Crippen molar-refractivity contribution in [3.63, 3.8) is 0 Å². The van der Waals surface area contributed by atoms with Crippen LogP contribution in [0, 0.1) is 0 Å². The van der Waals surface area contributed by atoms with Gasteiger partial charge in [0.25, 0.3) is 0 Å². The van der Waals surface area contributed by atoms with Crippen LogP contribution in [0.5, 0.6) is 0 Å². The lowest BCUT2D eigenvalue weighted by Gasteiger charge is -2.12. The minimum absolute atomic E-state index is 0.175. The molecule has 1 aliphatic carbocycles. The standard InChI is InChI=1S/C18H19Cl2NO3S/c1-2-24-11-18(21)16(12-3-5-13(19)6-4-12)17(18)25(22,23)15-9-7-14(20)8-10-15/h3-10,16-17H,2,11,21H2,1H3/t16-,17-,18-/m0/s1. The van der Waals surface area contributed by atoms with Crippen LogP contribution in [-0.4, -0.2) is 32.4 Å². The number of ether oxygens (including phenoxy) is 1. The quantitative estimate of drug-likeness (QED) is 0.804. The predicted octanol–water partition coefficient (Wildman–Crippen LogP) is 3.67. The van der Waals surface area contributed by atoms with Crippen LogP contribution in [0.2, 0.25) is 10.0 Å². The zero-order chi connectivity index (χ0) is 18.2. The minimum Gasteiger partial charge on any atom is -0.380 e. The molecule has 1 fully saturated rings. The van der Waals surface area contributed by atoms with Crippen LogP contribution in [-0.2, 0) is 14.6 Å². The normalized spacial score (nSPS) is 25.8. The maximum absolute atomic E-state index is 13.1. The molecule has 1 aliphatic rings. The SMILES string of the molecule is CCOC[C@]1(N)[C@@H](c2ccc(Cl)cc2)[C@@H]1S(=O)(=O)c1ccc(Cl)cc1. The summed E-state index contributed by atoms with van der Waals surface area (Å²) in [6.07, 6.45) is 0. The smallest absolute Gasteiger partial charge is 0.183 e. The van der Waals surface area contributed by atoms with Crippen LogP contribution < -0.4 is 5.73 Å². The van der Waals surface area contributed by atoms with Crippen molar-refractivity contribution in [3.05, 3.63) is 64.1 Å². The van der Waals surface area contributed by atoms with E-state index in [9.17, 15) is 8.42 Å².